The molecule has 3 N–H and O–H groups in total. The summed E-state index contributed by atoms with van der Waals surface area (Å²) in [6, 6.07) is -0.522. The van der Waals surface area contributed by atoms with E-state index in [0.29, 0.717) is 6.42 Å². The number of amides is 2. The van der Waals surface area contributed by atoms with E-state index in [1.54, 1.807) is 7.05 Å². The van der Waals surface area contributed by atoms with Gasteiger partial charge in [0.05, 0.1) is 0 Å². The molecule has 0 bridgehead atoms. The molecule has 0 aromatic carbocycles. The highest BCUT2D eigenvalue weighted by atomic mass is 16.2. The molecule has 1 rings (SSSR count). The molecule has 0 saturated carbocycles. The molecule has 5 nitrogen and oxygen atoms in total. The Morgan fingerprint density at radius 2 is 2.06 bits per heavy atom. The Balaban J connectivity index is 2.82. The van der Waals surface area contributed by atoms with E-state index in [-0.39, 0.29) is 11.8 Å². The molecule has 1 atom stereocenters. The zero-order valence-corrected chi connectivity index (χ0v) is 10.7. The zero-order chi connectivity index (χ0) is 13.0. The van der Waals surface area contributed by atoms with E-state index >= 15 is 0 Å². The first kappa shape index (κ1) is 13.3. The molecular formula is C12H19N3O2. The van der Waals surface area contributed by atoms with E-state index in [1.807, 2.05) is 20.0 Å². The second-order valence-electron chi connectivity index (χ2n) is 4.14. The van der Waals surface area contributed by atoms with Crippen LogP contribution in [0.15, 0.2) is 6.20 Å². The number of H-pyrrole nitrogens is 1. The van der Waals surface area contributed by atoms with E-state index in [2.05, 4.69) is 15.6 Å². The number of nitrogens with one attached hydrogen (secondary N) is 3. The Morgan fingerprint density at radius 3 is 2.47 bits per heavy atom. The number of aryl methyl sites for hydroxylation is 1. The molecule has 1 aromatic rings. The fraction of sp³-hybridized carbons (Fsp3) is 0.500. The highest BCUT2D eigenvalue weighted by molar-refractivity contribution is 5.86. The third-order valence-electron chi connectivity index (χ3n) is 2.87. The van der Waals surface area contributed by atoms with Crippen molar-refractivity contribution in [2.45, 2.75) is 33.2 Å². The number of likely N-dealkylation sites (N-methyl/N-ethyl adjacent to an activating group) is 1. The number of hydrogen-bond acceptors (Lipinski definition) is 2. The summed E-state index contributed by atoms with van der Waals surface area (Å²) in [6.45, 7) is 5.38. The quantitative estimate of drug-likeness (QED) is 0.710. The predicted molar refractivity (Wildman–Crippen MR) is 65.6 cm³/mol. The number of hydrogen-bond donors (Lipinski definition) is 3. The van der Waals surface area contributed by atoms with Gasteiger partial charge in [0.15, 0.2) is 0 Å². The van der Waals surface area contributed by atoms with Crippen molar-refractivity contribution in [1.29, 1.82) is 0 Å². The van der Waals surface area contributed by atoms with Crippen LogP contribution in [0, 0.1) is 13.8 Å². The number of rotatable bonds is 4. The van der Waals surface area contributed by atoms with Crippen LogP contribution < -0.4 is 10.6 Å². The van der Waals surface area contributed by atoms with Crippen LogP contribution in [0.1, 0.15) is 23.7 Å². The molecule has 0 aliphatic carbocycles. The molecular weight excluding hydrogens is 218 g/mol. The first-order valence-corrected chi connectivity index (χ1v) is 5.57. The molecule has 94 valence electrons. The topological polar surface area (TPSA) is 74.0 Å². The van der Waals surface area contributed by atoms with Gasteiger partial charge >= 0.3 is 0 Å². The average Bonchev–Trinajstić information content (AvgIpc) is 2.58. The van der Waals surface area contributed by atoms with Crippen molar-refractivity contribution in [2.24, 2.45) is 0 Å². The summed E-state index contributed by atoms with van der Waals surface area (Å²) >= 11 is 0. The lowest BCUT2D eigenvalue weighted by molar-refractivity contribution is -0.127. The van der Waals surface area contributed by atoms with E-state index in [0.717, 1.165) is 16.8 Å². The van der Waals surface area contributed by atoms with Gasteiger partial charge in [0, 0.05) is 32.3 Å². The van der Waals surface area contributed by atoms with Crippen LogP contribution in [0.4, 0.5) is 0 Å². The van der Waals surface area contributed by atoms with Gasteiger partial charge in [0.25, 0.3) is 0 Å². The van der Waals surface area contributed by atoms with Crippen LogP contribution in [0.2, 0.25) is 0 Å². The van der Waals surface area contributed by atoms with Crippen molar-refractivity contribution in [3.05, 3.63) is 23.0 Å². The van der Waals surface area contributed by atoms with Crippen LogP contribution in [-0.2, 0) is 16.0 Å². The van der Waals surface area contributed by atoms with Crippen LogP contribution in [-0.4, -0.2) is 29.9 Å². The third-order valence-corrected chi connectivity index (χ3v) is 2.87. The molecule has 0 saturated heterocycles. The molecule has 1 heterocycles. The molecule has 0 aliphatic rings. The Bertz CT molecular complexity index is 423. The van der Waals surface area contributed by atoms with Crippen molar-refractivity contribution >= 4 is 11.8 Å². The van der Waals surface area contributed by atoms with Gasteiger partial charge in [-0.1, -0.05) is 0 Å². The van der Waals surface area contributed by atoms with Gasteiger partial charge in [0.2, 0.25) is 11.8 Å². The monoisotopic (exact) mass is 237 g/mol. The van der Waals surface area contributed by atoms with Crippen molar-refractivity contribution in [3.63, 3.8) is 0 Å². The van der Waals surface area contributed by atoms with Gasteiger partial charge in [-0.3, -0.25) is 9.59 Å². The Labute approximate surface area is 101 Å². The number of aromatic amines is 1. The minimum atomic E-state index is -0.522. The Hall–Kier alpha value is -1.78. The van der Waals surface area contributed by atoms with Gasteiger partial charge in [-0.15, -0.1) is 0 Å². The molecule has 0 fully saturated rings. The maximum Gasteiger partial charge on any atom is 0.242 e. The van der Waals surface area contributed by atoms with Crippen LogP contribution >= 0.6 is 0 Å². The lowest BCUT2D eigenvalue weighted by Crippen LogP contribution is -2.46. The number of aromatic nitrogens is 1. The van der Waals surface area contributed by atoms with Crippen molar-refractivity contribution < 1.29 is 9.59 Å². The van der Waals surface area contributed by atoms with E-state index < -0.39 is 6.04 Å². The maximum absolute atomic E-state index is 11.6. The molecule has 1 aromatic heterocycles. The first-order valence-electron chi connectivity index (χ1n) is 5.57. The third kappa shape index (κ3) is 3.34. The minimum Gasteiger partial charge on any atom is -0.365 e. The molecule has 0 radical (unpaired) electrons. The number of carbonyl (C=O) groups excluding carboxylic acids is 2. The zero-order valence-electron chi connectivity index (χ0n) is 10.7. The fourth-order valence-electron chi connectivity index (χ4n) is 1.71. The van der Waals surface area contributed by atoms with Crippen molar-refractivity contribution in [3.8, 4) is 0 Å². The summed E-state index contributed by atoms with van der Waals surface area (Å²) < 4.78 is 0. The normalized spacial score (nSPS) is 12.0. The maximum atomic E-state index is 11.6. The molecule has 17 heavy (non-hydrogen) atoms. The first-order chi connectivity index (χ1) is 7.95. The Morgan fingerprint density at radius 1 is 1.41 bits per heavy atom. The lowest BCUT2D eigenvalue weighted by atomic mass is 10.0. The summed E-state index contributed by atoms with van der Waals surface area (Å²) in [5, 5.41) is 5.20. The predicted octanol–water partition coefficient (Wildman–Crippen LogP) is 0.425. The fourth-order valence-corrected chi connectivity index (χ4v) is 1.71. The molecule has 0 aliphatic heterocycles. The summed E-state index contributed by atoms with van der Waals surface area (Å²) in [5.74, 6) is -0.387. The van der Waals surface area contributed by atoms with E-state index in [4.69, 9.17) is 0 Å². The van der Waals surface area contributed by atoms with Crippen LogP contribution in [0.5, 0.6) is 0 Å². The summed E-state index contributed by atoms with van der Waals surface area (Å²) in [7, 11) is 1.56. The highest BCUT2D eigenvalue weighted by Gasteiger charge is 2.20. The minimum absolute atomic E-state index is 0.182. The largest absolute Gasteiger partial charge is 0.365 e. The van der Waals surface area contributed by atoms with Crippen LogP contribution in [0.3, 0.4) is 0 Å². The van der Waals surface area contributed by atoms with E-state index in [9.17, 15) is 9.59 Å². The van der Waals surface area contributed by atoms with Gasteiger partial charge in [-0.2, -0.15) is 0 Å². The molecule has 2 amide bonds. The smallest absolute Gasteiger partial charge is 0.242 e. The van der Waals surface area contributed by atoms with Crippen molar-refractivity contribution in [2.75, 3.05) is 7.05 Å². The lowest BCUT2D eigenvalue weighted by Gasteiger charge is -2.16. The summed E-state index contributed by atoms with van der Waals surface area (Å²) in [6.07, 6.45) is 2.37. The SMILES string of the molecule is CNC(=O)[C@H](Cc1c[nH]c(C)c1C)NC(C)=O. The van der Waals surface area contributed by atoms with Gasteiger partial charge in [-0.25, -0.2) is 0 Å². The average molecular weight is 237 g/mol. The molecule has 0 spiro atoms. The van der Waals surface area contributed by atoms with Crippen LogP contribution in [0.25, 0.3) is 0 Å². The molecule has 0 unspecified atom stereocenters. The van der Waals surface area contributed by atoms with Gasteiger partial charge in [0.1, 0.15) is 6.04 Å². The van der Waals surface area contributed by atoms with Crippen molar-refractivity contribution in [1.82, 2.24) is 15.6 Å². The molecule has 5 heteroatoms. The number of carbonyl (C=O) groups is 2. The highest BCUT2D eigenvalue weighted by Crippen LogP contribution is 2.13. The van der Waals surface area contributed by atoms with Gasteiger partial charge in [-0.05, 0) is 25.0 Å². The summed E-state index contributed by atoms with van der Waals surface area (Å²) in [5.41, 5.74) is 3.26. The Kier molecular flexibility index (Phi) is 4.31. The van der Waals surface area contributed by atoms with E-state index in [1.165, 1.54) is 6.92 Å². The standard InChI is InChI=1S/C12H19N3O2/c1-7-8(2)14-6-10(7)5-11(12(17)13-4)15-9(3)16/h6,11,14H,5H2,1-4H3,(H,13,17)(H,15,16)/t11-/m0/s1. The second-order valence-corrected chi connectivity index (χ2v) is 4.14. The summed E-state index contributed by atoms with van der Waals surface area (Å²) in [4.78, 5) is 25.8. The second kappa shape index (κ2) is 5.52. The van der Waals surface area contributed by atoms with Gasteiger partial charge < -0.3 is 15.6 Å².